The molecule has 0 amide bonds. The molecular weight excluding hydrogens is 317 g/mol. The van der Waals surface area contributed by atoms with Crippen molar-refractivity contribution in [2.24, 2.45) is 0 Å². The van der Waals surface area contributed by atoms with E-state index in [0.717, 1.165) is 19.8 Å². The van der Waals surface area contributed by atoms with E-state index in [0.29, 0.717) is 5.02 Å². The molecule has 1 aromatic carbocycles. The normalized spacial score (nSPS) is 10.7. The molecule has 0 aliphatic carbocycles. The quantitative estimate of drug-likeness (QED) is 0.655. The molecule has 1 nitrogen and oxygen atoms in total. The van der Waals surface area contributed by atoms with Crippen LogP contribution in [0.25, 0.3) is 10.8 Å². The van der Waals surface area contributed by atoms with Gasteiger partial charge in [0.05, 0.1) is 5.02 Å². The number of aromatic nitrogens is 1. The molecule has 4 heteroatoms. The smallest absolute Gasteiger partial charge is 0.115 e. The lowest BCUT2D eigenvalue weighted by Crippen LogP contribution is -1.82. The number of hydrogen-bond acceptors (Lipinski definition) is 1. The highest BCUT2D eigenvalue weighted by atomic mass is 79.9. The van der Waals surface area contributed by atoms with Gasteiger partial charge in [-0.3, -0.25) is 0 Å². The van der Waals surface area contributed by atoms with E-state index in [1.807, 2.05) is 18.2 Å². The van der Waals surface area contributed by atoms with Gasteiger partial charge in [0.25, 0.3) is 0 Å². The largest absolute Gasteiger partial charge is 0.247 e. The van der Waals surface area contributed by atoms with Crippen molar-refractivity contribution in [3.63, 3.8) is 0 Å². The van der Waals surface area contributed by atoms with E-state index in [9.17, 15) is 0 Å². The van der Waals surface area contributed by atoms with E-state index in [4.69, 9.17) is 11.6 Å². The molecule has 0 N–H and O–H groups in total. The molecule has 0 saturated carbocycles. The summed E-state index contributed by atoms with van der Waals surface area (Å²) >= 11 is 12.8. The molecule has 1 heterocycles. The van der Waals surface area contributed by atoms with Crippen LogP contribution in [0.4, 0.5) is 0 Å². The lowest BCUT2D eigenvalue weighted by molar-refractivity contribution is 1.30. The first-order valence-corrected chi connectivity index (χ1v) is 5.55. The van der Waals surface area contributed by atoms with Gasteiger partial charge in [0.1, 0.15) is 4.60 Å². The summed E-state index contributed by atoms with van der Waals surface area (Å²) in [6.45, 7) is 0. The van der Waals surface area contributed by atoms with Gasteiger partial charge in [-0.2, -0.15) is 0 Å². The Labute approximate surface area is 97.4 Å². The second-order valence-corrected chi connectivity index (χ2v) is 4.57. The van der Waals surface area contributed by atoms with Crippen LogP contribution in [0.15, 0.2) is 33.5 Å². The predicted octanol–water partition coefficient (Wildman–Crippen LogP) is 4.41. The molecule has 2 aromatic rings. The molecule has 0 bridgehead atoms. The van der Waals surface area contributed by atoms with Crippen molar-refractivity contribution in [2.75, 3.05) is 0 Å². The van der Waals surface area contributed by atoms with Crippen molar-refractivity contribution in [1.82, 2.24) is 4.98 Å². The van der Waals surface area contributed by atoms with Crippen LogP contribution in [0.3, 0.4) is 0 Å². The SMILES string of the molecule is Clc1cccc2c(Br)cnc(Br)c12. The average molecular weight is 321 g/mol. The van der Waals surface area contributed by atoms with Gasteiger partial charge in [-0.05, 0) is 37.9 Å². The molecule has 66 valence electrons. The van der Waals surface area contributed by atoms with E-state index in [-0.39, 0.29) is 0 Å². The van der Waals surface area contributed by atoms with Gasteiger partial charge < -0.3 is 0 Å². The highest BCUT2D eigenvalue weighted by molar-refractivity contribution is 9.11. The average Bonchev–Trinajstić information content (AvgIpc) is 2.12. The van der Waals surface area contributed by atoms with Gasteiger partial charge in [0, 0.05) is 21.4 Å². The molecule has 0 radical (unpaired) electrons. The van der Waals surface area contributed by atoms with Crippen molar-refractivity contribution in [2.45, 2.75) is 0 Å². The van der Waals surface area contributed by atoms with Crippen molar-refractivity contribution in [1.29, 1.82) is 0 Å². The number of rotatable bonds is 0. The molecule has 13 heavy (non-hydrogen) atoms. The Bertz CT molecular complexity index is 462. The number of fused-ring (bicyclic) bond motifs is 1. The number of hydrogen-bond donors (Lipinski definition) is 0. The predicted molar refractivity (Wildman–Crippen MR) is 62.2 cm³/mol. The Morgan fingerprint density at radius 3 is 2.69 bits per heavy atom. The molecule has 0 aliphatic heterocycles. The van der Waals surface area contributed by atoms with Gasteiger partial charge in [-0.25, -0.2) is 4.98 Å². The summed E-state index contributed by atoms with van der Waals surface area (Å²) in [5.74, 6) is 0. The number of halogens is 3. The summed E-state index contributed by atoms with van der Waals surface area (Å²) < 4.78 is 1.73. The Morgan fingerprint density at radius 1 is 1.23 bits per heavy atom. The van der Waals surface area contributed by atoms with Crippen LogP contribution in [-0.4, -0.2) is 4.98 Å². The monoisotopic (exact) mass is 319 g/mol. The molecule has 0 atom stereocenters. The van der Waals surface area contributed by atoms with Crippen LogP contribution < -0.4 is 0 Å². The Morgan fingerprint density at radius 2 is 2.00 bits per heavy atom. The fourth-order valence-corrected chi connectivity index (χ4v) is 2.52. The molecule has 0 fully saturated rings. The van der Waals surface area contributed by atoms with Gasteiger partial charge in [-0.15, -0.1) is 0 Å². The van der Waals surface area contributed by atoms with E-state index in [2.05, 4.69) is 36.8 Å². The summed E-state index contributed by atoms with van der Waals surface area (Å²) in [5, 5.41) is 2.71. The van der Waals surface area contributed by atoms with Gasteiger partial charge in [0.15, 0.2) is 0 Å². The first-order valence-electron chi connectivity index (χ1n) is 3.58. The van der Waals surface area contributed by atoms with Crippen LogP contribution in [0, 0.1) is 0 Å². The molecule has 1 aromatic heterocycles. The van der Waals surface area contributed by atoms with Gasteiger partial charge in [-0.1, -0.05) is 23.7 Å². The van der Waals surface area contributed by atoms with Crippen LogP contribution >= 0.6 is 43.5 Å². The van der Waals surface area contributed by atoms with Gasteiger partial charge >= 0.3 is 0 Å². The summed E-state index contributed by atoms with van der Waals surface area (Å²) in [7, 11) is 0. The van der Waals surface area contributed by atoms with E-state index in [1.54, 1.807) is 6.20 Å². The van der Waals surface area contributed by atoms with Crippen LogP contribution in [0.5, 0.6) is 0 Å². The maximum atomic E-state index is 6.04. The van der Waals surface area contributed by atoms with Crippen molar-refractivity contribution < 1.29 is 0 Å². The minimum absolute atomic E-state index is 0.707. The minimum atomic E-state index is 0.707. The van der Waals surface area contributed by atoms with E-state index < -0.39 is 0 Å². The Balaban J connectivity index is 3.00. The second kappa shape index (κ2) is 3.56. The summed E-state index contributed by atoms with van der Waals surface area (Å²) in [6.07, 6.45) is 1.75. The minimum Gasteiger partial charge on any atom is -0.247 e. The highest BCUT2D eigenvalue weighted by Gasteiger charge is 2.06. The summed E-state index contributed by atoms with van der Waals surface area (Å²) in [5.41, 5.74) is 0. The topological polar surface area (TPSA) is 12.9 Å². The number of nitrogens with zero attached hydrogens (tertiary/aromatic N) is 1. The van der Waals surface area contributed by atoms with Gasteiger partial charge in [0.2, 0.25) is 0 Å². The molecule has 0 aliphatic rings. The second-order valence-electron chi connectivity index (χ2n) is 2.56. The first kappa shape index (κ1) is 9.44. The third-order valence-corrected chi connectivity index (χ3v) is 3.32. The summed E-state index contributed by atoms with van der Waals surface area (Å²) in [6, 6.07) is 5.77. The first-order chi connectivity index (χ1) is 6.20. The van der Waals surface area contributed by atoms with Crippen LogP contribution in [-0.2, 0) is 0 Å². The number of pyridine rings is 1. The standard InChI is InChI=1S/C9H4Br2ClN/c10-6-4-13-9(11)8-5(6)2-1-3-7(8)12/h1-4H. The fraction of sp³-hybridized carbons (Fsp3) is 0. The molecular formula is C9H4Br2ClN. The van der Waals surface area contributed by atoms with E-state index in [1.165, 1.54) is 0 Å². The van der Waals surface area contributed by atoms with Crippen molar-refractivity contribution in [3.8, 4) is 0 Å². The maximum absolute atomic E-state index is 6.04. The number of benzene rings is 1. The zero-order valence-corrected chi connectivity index (χ0v) is 10.3. The lowest BCUT2D eigenvalue weighted by atomic mass is 10.2. The zero-order valence-electron chi connectivity index (χ0n) is 6.39. The van der Waals surface area contributed by atoms with Crippen LogP contribution in [0.2, 0.25) is 5.02 Å². The van der Waals surface area contributed by atoms with Crippen LogP contribution in [0.1, 0.15) is 0 Å². The fourth-order valence-electron chi connectivity index (χ4n) is 1.18. The molecule has 0 spiro atoms. The Hall–Kier alpha value is -0.120. The summed E-state index contributed by atoms with van der Waals surface area (Å²) in [4.78, 5) is 4.15. The lowest BCUT2D eigenvalue weighted by Gasteiger charge is -2.03. The molecule has 0 unspecified atom stereocenters. The third kappa shape index (κ3) is 1.60. The zero-order chi connectivity index (χ0) is 9.42. The Kier molecular flexibility index (Phi) is 2.58. The molecule has 2 rings (SSSR count). The third-order valence-electron chi connectivity index (χ3n) is 1.77. The van der Waals surface area contributed by atoms with Crippen molar-refractivity contribution in [3.05, 3.63) is 38.5 Å². The molecule has 0 saturated heterocycles. The van der Waals surface area contributed by atoms with Crippen molar-refractivity contribution >= 4 is 54.2 Å². The van der Waals surface area contributed by atoms with E-state index >= 15 is 0 Å². The maximum Gasteiger partial charge on any atom is 0.115 e. The highest BCUT2D eigenvalue weighted by Crippen LogP contribution is 2.33.